The van der Waals surface area contributed by atoms with Crippen molar-refractivity contribution < 1.29 is 27.5 Å². The van der Waals surface area contributed by atoms with Gasteiger partial charge in [-0.1, -0.05) is 11.6 Å². The molecule has 0 radical (unpaired) electrons. The maximum absolute atomic E-state index is 13.8. The van der Waals surface area contributed by atoms with E-state index in [9.17, 15) is 22.8 Å². The first-order chi connectivity index (χ1) is 17.4. The number of anilines is 1. The summed E-state index contributed by atoms with van der Waals surface area (Å²) in [6.45, 7) is 4.05. The van der Waals surface area contributed by atoms with Gasteiger partial charge in [0.25, 0.3) is 18.2 Å². The van der Waals surface area contributed by atoms with Gasteiger partial charge in [-0.15, -0.1) is 0 Å². The maximum atomic E-state index is 13.8. The largest absolute Gasteiger partial charge is 0.478 e. The van der Waals surface area contributed by atoms with Crippen molar-refractivity contribution in [3.8, 4) is 5.75 Å². The predicted octanol–water partition coefficient (Wildman–Crippen LogP) is 4.89. The fourth-order valence-corrected chi connectivity index (χ4v) is 5.02. The molecule has 0 aliphatic carbocycles. The van der Waals surface area contributed by atoms with Crippen LogP contribution in [0.3, 0.4) is 0 Å². The second-order valence-electron chi connectivity index (χ2n) is 10.2. The number of hydrogen-bond donors (Lipinski definition) is 2. The summed E-state index contributed by atoms with van der Waals surface area (Å²) in [6.07, 6.45) is 1.21. The van der Waals surface area contributed by atoms with E-state index < -0.39 is 23.7 Å². The number of hydrogen-bond acceptors (Lipinski definition) is 5. The molecule has 1 aromatic carbocycles. The number of benzene rings is 1. The molecule has 2 aliphatic heterocycles. The summed E-state index contributed by atoms with van der Waals surface area (Å²) < 4.78 is 45.2. The highest BCUT2D eigenvalue weighted by Crippen LogP contribution is 2.39. The molecule has 1 aromatic heterocycles. The molecule has 11 heteroatoms. The average Bonchev–Trinajstić information content (AvgIpc) is 3.10. The fraction of sp³-hybridized carbons (Fsp3) is 0.500. The van der Waals surface area contributed by atoms with E-state index in [-0.39, 0.29) is 29.6 Å². The van der Waals surface area contributed by atoms with Crippen molar-refractivity contribution in [2.75, 3.05) is 4.90 Å². The minimum absolute atomic E-state index is 0.00862. The molecule has 0 saturated carbocycles. The lowest BCUT2D eigenvalue weighted by Gasteiger charge is -2.40. The summed E-state index contributed by atoms with van der Waals surface area (Å²) in [5.41, 5.74) is -1.09. The topological polar surface area (TPSA) is 83.6 Å². The zero-order chi connectivity index (χ0) is 27.0. The Hall–Kier alpha value is -3.01. The number of ether oxygens (including phenoxy) is 1. The van der Waals surface area contributed by atoms with Crippen molar-refractivity contribution in [1.82, 2.24) is 15.6 Å². The Morgan fingerprint density at radius 3 is 2.24 bits per heavy atom. The lowest BCUT2D eigenvalue weighted by molar-refractivity contribution is -0.135. The number of aromatic nitrogens is 1. The highest BCUT2D eigenvalue weighted by Gasteiger charge is 2.43. The lowest BCUT2D eigenvalue weighted by atomic mass is 9.96. The number of alkyl halides is 3. The first-order valence-electron chi connectivity index (χ1n) is 12.2. The molecular formula is C26H30ClF3N4O3. The predicted molar refractivity (Wildman–Crippen MR) is 134 cm³/mol. The Morgan fingerprint density at radius 2 is 1.70 bits per heavy atom. The van der Waals surface area contributed by atoms with Gasteiger partial charge < -0.3 is 20.3 Å². The molecule has 2 saturated heterocycles. The number of halogens is 4. The van der Waals surface area contributed by atoms with Gasteiger partial charge in [0.1, 0.15) is 11.6 Å². The van der Waals surface area contributed by atoms with Gasteiger partial charge in [0, 0.05) is 29.3 Å². The standard InChI is InChI=1S/C26H30ClF3N4O3/c1-25(2,37-20-9-5-16(27)6-10-20)24(36)32-17-12-18-7-8-19(13-17)34(18)21-11-4-15(14-31-21)22(35)33-26(3,30)23(28)29/h4-6,9-11,14,17-19,23H,7-8,12-13H2,1-3H3,(H,32,36)(H,33,35)/t17?,18?,19?,26-/m1/s1. The average molecular weight is 539 g/mol. The molecule has 2 bridgehead atoms. The Kier molecular flexibility index (Phi) is 7.60. The number of amides is 2. The molecule has 4 rings (SSSR count). The van der Waals surface area contributed by atoms with Gasteiger partial charge in [0.05, 0.1) is 5.56 Å². The molecule has 3 heterocycles. The Morgan fingerprint density at radius 1 is 1.08 bits per heavy atom. The molecule has 0 spiro atoms. The highest BCUT2D eigenvalue weighted by atomic mass is 35.5. The lowest BCUT2D eigenvalue weighted by Crippen LogP contribution is -2.55. The van der Waals surface area contributed by atoms with Gasteiger partial charge in [0.2, 0.25) is 5.79 Å². The van der Waals surface area contributed by atoms with Gasteiger partial charge in [-0.25, -0.2) is 18.2 Å². The number of piperidine rings is 1. The van der Waals surface area contributed by atoms with E-state index in [1.807, 2.05) is 0 Å². The second-order valence-corrected chi connectivity index (χ2v) is 10.7. The first-order valence-corrected chi connectivity index (χ1v) is 12.5. The first kappa shape index (κ1) is 27.0. The number of rotatable bonds is 8. The van der Waals surface area contributed by atoms with Crippen molar-refractivity contribution in [1.29, 1.82) is 0 Å². The molecule has 2 aromatic rings. The summed E-state index contributed by atoms with van der Waals surface area (Å²) in [7, 11) is 0. The Balaban J connectivity index is 1.36. The molecule has 2 fully saturated rings. The van der Waals surface area contributed by atoms with E-state index >= 15 is 0 Å². The molecule has 2 unspecified atom stereocenters. The third kappa shape index (κ3) is 6.11. The van der Waals surface area contributed by atoms with Crippen molar-refractivity contribution in [2.45, 2.75) is 82.4 Å². The van der Waals surface area contributed by atoms with Crippen molar-refractivity contribution in [3.05, 3.63) is 53.2 Å². The monoisotopic (exact) mass is 538 g/mol. The minimum atomic E-state index is -3.35. The summed E-state index contributed by atoms with van der Waals surface area (Å²) in [5.74, 6) is -3.10. The summed E-state index contributed by atoms with van der Waals surface area (Å²) in [5, 5.41) is 5.40. The van der Waals surface area contributed by atoms with Crippen LogP contribution < -0.4 is 20.3 Å². The second kappa shape index (κ2) is 10.4. The Labute approximate surface area is 218 Å². The van der Waals surface area contributed by atoms with Gasteiger partial charge in [-0.05, 0) is 82.9 Å². The maximum Gasteiger partial charge on any atom is 0.290 e. The van der Waals surface area contributed by atoms with Crippen molar-refractivity contribution in [2.24, 2.45) is 0 Å². The molecule has 2 amide bonds. The van der Waals surface area contributed by atoms with Crippen LogP contribution in [0.2, 0.25) is 5.02 Å². The van der Waals surface area contributed by atoms with Crippen LogP contribution in [-0.2, 0) is 4.79 Å². The summed E-state index contributed by atoms with van der Waals surface area (Å²) in [6, 6.07) is 10.2. The number of nitrogens with one attached hydrogen (secondary N) is 2. The molecular weight excluding hydrogens is 509 g/mol. The number of carbonyl (C=O) groups excluding carboxylic acids is 2. The highest BCUT2D eigenvalue weighted by molar-refractivity contribution is 6.30. The Bertz CT molecular complexity index is 1110. The van der Waals surface area contributed by atoms with Gasteiger partial charge in [0.15, 0.2) is 5.60 Å². The van der Waals surface area contributed by atoms with Crippen LogP contribution in [0.1, 0.15) is 56.8 Å². The molecule has 7 nitrogen and oxygen atoms in total. The molecule has 2 aliphatic rings. The van der Waals surface area contributed by atoms with Gasteiger partial charge >= 0.3 is 0 Å². The van der Waals surface area contributed by atoms with Crippen LogP contribution in [0.25, 0.3) is 0 Å². The summed E-state index contributed by atoms with van der Waals surface area (Å²) >= 11 is 5.92. The van der Waals surface area contributed by atoms with E-state index in [0.717, 1.165) is 25.7 Å². The van der Waals surface area contributed by atoms with E-state index in [1.54, 1.807) is 49.5 Å². The number of pyridine rings is 1. The third-order valence-corrected chi connectivity index (χ3v) is 7.10. The molecule has 2 N–H and O–H groups in total. The SMILES string of the molecule is CC(C)(Oc1ccc(Cl)cc1)C(=O)NC1CC2CCC(C1)N2c1ccc(C(=O)N[C@@](C)(F)C(F)F)cn1. The van der Waals surface area contributed by atoms with Crippen LogP contribution in [0.4, 0.5) is 19.0 Å². The zero-order valence-electron chi connectivity index (χ0n) is 20.8. The third-order valence-electron chi connectivity index (χ3n) is 6.84. The molecule has 200 valence electrons. The number of carbonyl (C=O) groups is 2. The van der Waals surface area contributed by atoms with E-state index in [4.69, 9.17) is 16.3 Å². The van der Waals surface area contributed by atoms with Gasteiger partial charge in [-0.3, -0.25) is 9.59 Å². The van der Waals surface area contributed by atoms with E-state index in [1.165, 1.54) is 12.3 Å². The number of nitrogens with zero attached hydrogens (tertiary/aromatic N) is 2. The van der Waals surface area contributed by atoms with Gasteiger partial charge in [-0.2, -0.15) is 0 Å². The minimum Gasteiger partial charge on any atom is -0.478 e. The summed E-state index contributed by atoms with van der Waals surface area (Å²) in [4.78, 5) is 31.7. The zero-order valence-corrected chi connectivity index (χ0v) is 21.6. The van der Waals surface area contributed by atoms with Crippen LogP contribution >= 0.6 is 11.6 Å². The van der Waals surface area contributed by atoms with Crippen molar-refractivity contribution in [3.63, 3.8) is 0 Å². The van der Waals surface area contributed by atoms with Crippen LogP contribution in [0, 0.1) is 0 Å². The van der Waals surface area contributed by atoms with Crippen LogP contribution in [0.15, 0.2) is 42.6 Å². The van der Waals surface area contributed by atoms with Crippen LogP contribution in [-0.4, -0.2) is 52.7 Å². The molecule has 37 heavy (non-hydrogen) atoms. The van der Waals surface area contributed by atoms with E-state index in [0.29, 0.717) is 23.5 Å². The van der Waals surface area contributed by atoms with Crippen LogP contribution in [0.5, 0.6) is 5.75 Å². The normalized spacial score (nSPS) is 22.9. The quantitative estimate of drug-likeness (QED) is 0.468. The van der Waals surface area contributed by atoms with E-state index in [2.05, 4.69) is 15.2 Å². The molecule has 3 atom stereocenters. The number of fused-ring (bicyclic) bond motifs is 2. The fourth-order valence-electron chi connectivity index (χ4n) is 4.89. The van der Waals surface area contributed by atoms with Crippen molar-refractivity contribution >= 4 is 29.2 Å². The smallest absolute Gasteiger partial charge is 0.290 e.